The van der Waals surface area contributed by atoms with Gasteiger partial charge in [-0.2, -0.15) is 5.06 Å². The maximum Gasteiger partial charge on any atom is 0.333 e. The largest absolute Gasteiger partial charge is 0.333 e. The molecule has 1 aromatic rings. The maximum atomic E-state index is 12.1. The molecule has 2 aliphatic rings. The standard InChI is InChI=1S/C16H18N2O5/c1-22-17-8-6-11(7-9-17)10-14(19)23-18-15(20)12-4-2-3-5-13(12)16(18)21/h2-5,11H,6-10H2,1H3. The van der Waals surface area contributed by atoms with Gasteiger partial charge in [0.15, 0.2) is 0 Å². The van der Waals surface area contributed by atoms with E-state index < -0.39 is 17.8 Å². The number of piperidine rings is 1. The van der Waals surface area contributed by atoms with Gasteiger partial charge in [0.05, 0.1) is 24.7 Å². The third-order valence-corrected chi connectivity index (χ3v) is 4.24. The summed E-state index contributed by atoms with van der Waals surface area (Å²) in [5.41, 5.74) is 0.525. The van der Waals surface area contributed by atoms with Crippen LogP contribution >= 0.6 is 0 Å². The summed E-state index contributed by atoms with van der Waals surface area (Å²) in [6, 6.07) is 6.42. The van der Waals surface area contributed by atoms with E-state index in [1.54, 1.807) is 31.4 Å². The fraction of sp³-hybridized carbons (Fsp3) is 0.438. The lowest BCUT2D eigenvalue weighted by Gasteiger charge is -2.29. The molecule has 1 fully saturated rings. The Balaban J connectivity index is 1.57. The van der Waals surface area contributed by atoms with Crippen molar-refractivity contribution in [2.45, 2.75) is 19.3 Å². The molecule has 0 bridgehead atoms. The van der Waals surface area contributed by atoms with Crippen LogP contribution < -0.4 is 0 Å². The van der Waals surface area contributed by atoms with Gasteiger partial charge in [-0.1, -0.05) is 17.2 Å². The number of carbonyl (C=O) groups is 3. The number of carbonyl (C=O) groups excluding carboxylic acids is 3. The van der Waals surface area contributed by atoms with E-state index in [1.165, 1.54) is 0 Å². The number of amides is 2. The van der Waals surface area contributed by atoms with E-state index in [-0.39, 0.29) is 23.5 Å². The second-order valence-electron chi connectivity index (χ2n) is 5.67. The van der Waals surface area contributed by atoms with Crippen molar-refractivity contribution in [3.8, 4) is 0 Å². The monoisotopic (exact) mass is 318 g/mol. The number of rotatable bonds is 4. The van der Waals surface area contributed by atoms with Crippen molar-refractivity contribution < 1.29 is 24.1 Å². The van der Waals surface area contributed by atoms with E-state index in [9.17, 15) is 14.4 Å². The van der Waals surface area contributed by atoms with E-state index in [2.05, 4.69) is 0 Å². The van der Waals surface area contributed by atoms with Crippen LogP contribution in [0.2, 0.25) is 0 Å². The minimum absolute atomic E-state index is 0.170. The molecule has 0 aromatic heterocycles. The first-order valence-electron chi connectivity index (χ1n) is 7.58. The van der Waals surface area contributed by atoms with Crippen molar-refractivity contribution in [2.75, 3.05) is 20.2 Å². The van der Waals surface area contributed by atoms with Gasteiger partial charge in [0.25, 0.3) is 11.8 Å². The normalized spacial score (nSPS) is 19.1. The zero-order valence-corrected chi connectivity index (χ0v) is 12.9. The Hall–Kier alpha value is -2.25. The molecular formula is C16H18N2O5. The van der Waals surface area contributed by atoms with Gasteiger partial charge in [-0.15, -0.1) is 0 Å². The third-order valence-electron chi connectivity index (χ3n) is 4.24. The molecule has 7 heteroatoms. The second-order valence-corrected chi connectivity index (χ2v) is 5.67. The lowest BCUT2D eigenvalue weighted by Crippen LogP contribution is -2.36. The van der Waals surface area contributed by atoms with Crippen molar-refractivity contribution in [3.05, 3.63) is 35.4 Å². The van der Waals surface area contributed by atoms with E-state index >= 15 is 0 Å². The van der Waals surface area contributed by atoms with Gasteiger partial charge in [0.1, 0.15) is 0 Å². The van der Waals surface area contributed by atoms with Crippen molar-refractivity contribution in [3.63, 3.8) is 0 Å². The molecular weight excluding hydrogens is 300 g/mol. The summed E-state index contributed by atoms with van der Waals surface area (Å²) in [6.45, 7) is 1.50. The zero-order chi connectivity index (χ0) is 16.4. The molecule has 0 N–H and O–H groups in total. The predicted octanol–water partition coefficient (Wildman–Crippen LogP) is 1.40. The number of fused-ring (bicyclic) bond motifs is 1. The highest BCUT2D eigenvalue weighted by Gasteiger charge is 2.38. The number of hydroxylamine groups is 4. The molecule has 0 spiro atoms. The van der Waals surface area contributed by atoms with Crippen LogP contribution in [0.3, 0.4) is 0 Å². The highest BCUT2D eigenvalue weighted by Crippen LogP contribution is 2.25. The van der Waals surface area contributed by atoms with Gasteiger partial charge in [0, 0.05) is 13.1 Å². The lowest BCUT2D eigenvalue weighted by atomic mass is 9.95. The second kappa shape index (κ2) is 6.47. The molecule has 1 aromatic carbocycles. The van der Waals surface area contributed by atoms with Crippen LogP contribution in [0.5, 0.6) is 0 Å². The van der Waals surface area contributed by atoms with Gasteiger partial charge in [-0.3, -0.25) is 9.59 Å². The smallest absolute Gasteiger partial charge is 0.330 e. The summed E-state index contributed by atoms with van der Waals surface area (Å²) in [5, 5.41) is 2.41. The number of hydrogen-bond acceptors (Lipinski definition) is 6. The Kier molecular flexibility index (Phi) is 4.40. The molecule has 0 unspecified atom stereocenters. The molecule has 0 radical (unpaired) electrons. The van der Waals surface area contributed by atoms with Crippen LogP contribution in [0.15, 0.2) is 24.3 Å². The summed E-state index contributed by atoms with van der Waals surface area (Å²) in [4.78, 5) is 46.5. The SMILES string of the molecule is CON1CCC(CC(=O)ON2C(=O)c3ccccc3C2=O)CC1. The van der Waals surface area contributed by atoms with Gasteiger partial charge >= 0.3 is 5.97 Å². The van der Waals surface area contributed by atoms with Crippen LogP contribution in [-0.2, 0) is 14.5 Å². The minimum Gasteiger partial charge on any atom is -0.330 e. The van der Waals surface area contributed by atoms with Crippen LogP contribution in [0.25, 0.3) is 0 Å². The first-order valence-corrected chi connectivity index (χ1v) is 7.58. The summed E-state index contributed by atoms with van der Waals surface area (Å²) >= 11 is 0. The average Bonchev–Trinajstić information content (AvgIpc) is 2.81. The highest BCUT2D eigenvalue weighted by molar-refractivity contribution is 6.20. The Morgan fingerprint density at radius 2 is 1.70 bits per heavy atom. The summed E-state index contributed by atoms with van der Waals surface area (Å²) < 4.78 is 0. The van der Waals surface area contributed by atoms with E-state index in [1.807, 2.05) is 5.06 Å². The van der Waals surface area contributed by atoms with Crippen LogP contribution in [0.4, 0.5) is 0 Å². The predicted molar refractivity (Wildman–Crippen MR) is 79.0 cm³/mol. The lowest BCUT2D eigenvalue weighted by molar-refractivity contribution is -0.173. The van der Waals surface area contributed by atoms with Gasteiger partial charge < -0.3 is 9.68 Å². The molecule has 1 saturated heterocycles. The van der Waals surface area contributed by atoms with Gasteiger partial charge in [-0.25, -0.2) is 4.79 Å². The molecule has 0 aliphatic carbocycles. The Morgan fingerprint density at radius 3 is 2.22 bits per heavy atom. The van der Waals surface area contributed by atoms with Crippen molar-refractivity contribution in [1.29, 1.82) is 0 Å². The molecule has 122 valence electrons. The van der Waals surface area contributed by atoms with Crippen LogP contribution in [-0.4, -0.2) is 48.1 Å². The summed E-state index contributed by atoms with van der Waals surface area (Å²) in [7, 11) is 1.62. The van der Waals surface area contributed by atoms with Gasteiger partial charge in [0.2, 0.25) is 0 Å². The summed E-state index contributed by atoms with van der Waals surface area (Å²) in [5.74, 6) is -1.57. The number of nitrogens with zero attached hydrogens (tertiary/aromatic N) is 2. The average molecular weight is 318 g/mol. The van der Waals surface area contributed by atoms with E-state index in [4.69, 9.17) is 9.68 Å². The molecule has 2 aliphatic heterocycles. The Labute approximate surface area is 133 Å². The number of hydrogen-bond donors (Lipinski definition) is 0. The van der Waals surface area contributed by atoms with Gasteiger partial charge in [-0.05, 0) is 30.9 Å². The topological polar surface area (TPSA) is 76.2 Å². The third kappa shape index (κ3) is 3.11. The minimum atomic E-state index is -0.590. The Bertz CT molecular complexity index is 602. The molecule has 0 saturated carbocycles. The van der Waals surface area contributed by atoms with E-state index in [0.29, 0.717) is 5.06 Å². The molecule has 2 heterocycles. The van der Waals surface area contributed by atoms with E-state index in [0.717, 1.165) is 25.9 Å². The zero-order valence-electron chi connectivity index (χ0n) is 12.9. The molecule has 3 rings (SSSR count). The number of imide groups is 1. The van der Waals surface area contributed by atoms with Crippen LogP contribution in [0, 0.1) is 5.92 Å². The highest BCUT2D eigenvalue weighted by atomic mass is 16.7. The Morgan fingerprint density at radius 1 is 1.13 bits per heavy atom. The molecule has 0 atom stereocenters. The van der Waals surface area contributed by atoms with Crippen molar-refractivity contribution in [2.24, 2.45) is 5.92 Å². The molecule has 7 nitrogen and oxygen atoms in total. The number of benzene rings is 1. The molecule has 2 amide bonds. The van der Waals surface area contributed by atoms with Crippen LogP contribution in [0.1, 0.15) is 40.0 Å². The maximum absolute atomic E-state index is 12.1. The fourth-order valence-electron chi connectivity index (χ4n) is 2.92. The first-order chi connectivity index (χ1) is 11.1. The van der Waals surface area contributed by atoms with Crippen molar-refractivity contribution >= 4 is 17.8 Å². The first kappa shape index (κ1) is 15.6. The molecule has 23 heavy (non-hydrogen) atoms. The quantitative estimate of drug-likeness (QED) is 0.781. The fourth-order valence-corrected chi connectivity index (χ4v) is 2.92. The summed E-state index contributed by atoms with van der Waals surface area (Å²) in [6.07, 6.45) is 1.81. The van der Waals surface area contributed by atoms with Crippen molar-refractivity contribution in [1.82, 2.24) is 10.1 Å².